The van der Waals surface area contributed by atoms with Crippen molar-refractivity contribution in [2.75, 3.05) is 0 Å². The molecule has 0 bridgehead atoms. The Morgan fingerprint density at radius 3 is 0.984 bits per heavy atom. The first-order valence-electron chi connectivity index (χ1n) is 54.0. The maximum atomic E-state index is 13.7. The highest BCUT2D eigenvalue weighted by Crippen LogP contribution is 2.65. The molecule has 14 aliphatic carbocycles. The summed E-state index contributed by atoms with van der Waals surface area (Å²) in [5.74, 6) is 22.6. The maximum Gasteiger partial charge on any atom is 0.104 e. The van der Waals surface area contributed by atoms with Gasteiger partial charge in [-0.2, -0.15) is 0 Å². The molecule has 0 saturated heterocycles. The maximum absolute atomic E-state index is 13.7. The molecule has 0 aromatic rings. The smallest absolute Gasteiger partial charge is 0.104 e. The SMILES string of the molecule is CC(C)C1CC=C2C=CCC[C@]2(C)C1C(C)C.CC(C)C1CC=C2C[C@@H](Br)CC[C@]2(C)C1C(C)C.CC(C)C1CC=C2C[C@@H](Cl)CC[C@]2(C)C1C(C)C.CC(C)C1CC=C2C[C@@H](F)CC[C@]2(C)C1C(C)C.CC(C)C1CC=C2C[C@@H](I)CC[C@]2(C)C1C(C)C.CC(C)C1CC=C2C[C@@H](N)CC[C@]2(C)C1C(C)C.CC(C)C1CC=C2C[C@@](C)(O)CC[C@]2(C)C1C(C)C. The predicted octanol–water partition coefficient (Wildman–Crippen LogP) is 37.1. The number of fused-ring (bicyclic) bond motifs is 7. The van der Waals surface area contributed by atoms with Gasteiger partial charge < -0.3 is 10.8 Å². The van der Waals surface area contributed by atoms with E-state index in [1.165, 1.54) is 121 Å². The summed E-state index contributed by atoms with van der Waals surface area (Å²) in [5.41, 5.74) is 20.1. The Morgan fingerprint density at radius 2 is 0.619 bits per heavy atom. The van der Waals surface area contributed by atoms with Crippen LogP contribution in [0.1, 0.15) is 423 Å². The standard InChI is InChI=1S/C18H32O.C17H29Br.C17H29Cl.C17H29F.C17H29I.C17H31N.C17H28/c1-12(2)15-8-7-14-11-17(5,19)9-10-18(14,6)16(15)13(3)4;5*1-11(2)15-7-6-13-10-14(18)8-9-17(13,5)16(15)12(3)4;1-12(2)15-10-9-14-8-6-7-11-17(14,5)16(15)13(3)4/h7,12-13,15-16,19H,8-11H2,1-6H3;4*6,11-12,14-16H,7-10H2,1-5H3;6,11-12,14-16H,7-10,18H2,1-5H3;6,8-9,12-13,15-16H,7,10-11H2,1-5H3/t15?,16?,17-,18-;5*14-,15?,16?,17-;15?,16?,17-/m0000000/s1. The Hall–Kier alpha value is -0.730. The number of halogens is 4. The van der Waals surface area contributed by atoms with Crippen LogP contribution in [-0.4, -0.2) is 37.0 Å². The number of rotatable bonds is 14. The number of aliphatic hydroxyl groups is 1. The van der Waals surface area contributed by atoms with E-state index in [1.54, 1.807) is 33.4 Å². The Balaban J connectivity index is 0.000000182. The molecule has 0 aromatic heterocycles. The molecule has 2 nitrogen and oxygen atoms in total. The van der Waals surface area contributed by atoms with Crippen molar-refractivity contribution in [3.63, 3.8) is 0 Å². The molecule has 0 amide bonds. The molecule has 27 atom stereocenters. The summed E-state index contributed by atoms with van der Waals surface area (Å²) in [6.07, 6.45) is 54.3. The second-order valence-corrected chi connectivity index (χ2v) is 56.0. The average molecular weight is 1940 g/mol. The molecule has 0 aliphatic heterocycles. The number of alkyl halides is 4. The quantitative estimate of drug-likeness (QED) is 0.103. The summed E-state index contributed by atoms with van der Waals surface area (Å²) in [6.45, 7) is 86.9. The van der Waals surface area contributed by atoms with E-state index in [-0.39, 0.29) is 5.41 Å². The van der Waals surface area contributed by atoms with Crippen molar-refractivity contribution in [3.8, 4) is 0 Å². The van der Waals surface area contributed by atoms with Gasteiger partial charge in [0.15, 0.2) is 0 Å². The third kappa shape index (κ3) is 24.9. The molecule has 126 heavy (non-hydrogen) atoms. The van der Waals surface area contributed by atoms with Crippen molar-refractivity contribution in [1.29, 1.82) is 0 Å². The lowest BCUT2D eigenvalue weighted by Crippen LogP contribution is -2.48. The van der Waals surface area contributed by atoms with E-state index in [4.69, 9.17) is 17.3 Å². The van der Waals surface area contributed by atoms with Crippen molar-refractivity contribution < 1.29 is 9.50 Å². The zero-order valence-corrected chi connectivity index (χ0v) is 93.9. The fraction of sp³-hybridized carbons (Fsp3) is 0.867. The molecular weight excluding hydrogens is 1730 g/mol. The van der Waals surface area contributed by atoms with Crippen LogP contribution in [0.3, 0.4) is 0 Å². The van der Waals surface area contributed by atoms with Crippen LogP contribution in [0.25, 0.3) is 0 Å². The van der Waals surface area contributed by atoms with E-state index in [0.29, 0.717) is 56.2 Å². The van der Waals surface area contributed by atoms with Gasteiger partial charge in [-0.1, -0.05) is 369 Å². The van der Waals surface area contributed by atoms with E-state index >= 15 is 0 Å². The number of allylic oxidation sites excluding steroid dienone is 14. The van der Waals surface area contributed by atoms with Crippen LogP contribution < -0.4 is 5.73 Å². The normalized spacial score (nSPS) is 40.8. The monoisotopic (exact) mass is 1940 g/mol. The van der Waals surface area contributed by atoms with E-state index in [1.807, 2.05) is 6.92 Å². The molecular formula is C120H207BrClFINO. The van der Waals surface area contributed by atoms with Gasteiger partial charge in [0.2, 0.25) is 0 Å². The molecule has 3 N–H and O–H groups in total. The fourth-order valence-electron chi connectivity index (χ4n) is 32.9. The lowest BCUT2D eigenvalue weighted by molar-refractivity contribution is -0.0296. The van der Waals surface area contributed by atoms with Crippen LogP contribution in [0.2, 0.25) is 0 Å². The van der Waals surface area contributed by atoms with Gasteiger partial charge in [-0.25, -0.2) is 4.39 Å². The molecule has 726 valence electrons. The van der Waals surface area contributed by atoms with Crippen molar-refractivity contribution in [2.24, 2.45) is 209 Å². The summed E-state index contributed by atoms with van der Waals surface area (Å²) in [6, 6.07) is 0.410. The Kier molecular flexibility index (Phi) is 40.1. The molecule has 6 fully saturated rings. The molecule has 14 unspecified atom stereocenters. The molecule has 14 aliphatic rings. The minimum Gasteiger partial charge on any atom is -0.390 e. The second kappa shape index (κ2) is 45.7. The Morgan fingerprint density at radius 1 is 0.333 bits per heavy atom. The van der Waals surface area contributed by atoms with Crippen LogP contribution in [-0.2, 0) is 0 Å². The van der Waals surface area contributed by atoms with E-state index in [2.05, 4.69) is 336 Å². The van der Waals surface area contributed by atoms with Gasteiger partial charge in [0, 0.05) is 26.6 Å². The first-order chi connectivity index (χ1) is 58.4. The largest absolute Gasteiger partial charge is 0.390 e. The second-order valence-electron chi connectivity index (χ2n) is 52.3. The summed E-state index contributed by atoms with van der Waals surface area (Å²) in [7, 11) is 0. The van der Waals surface area contributed by atoms with Gasteiger partial charge in [0.25, 0.3) is 0 Å². The highest BCUT2D eigenvalue weighted by molar-refractivity contribution is 14.1. The topological polar surface area (TPSA) is 46.2 Å². The molecule has 0 radical (unpaired) electrons. The highest BCUT2D eigenvalue weighted by Gasteiger charge is 2.56. The third-order valence-electron chi connectivity index (χ3n) is 39.0. The van der Waals surface area contributed by atoms with Gasteiger partial charge in [-0.3, -0.25) is 0 Å². The van der Waals surface area contributed by atoms with Crippen LogP contribution in [0, 0.1) is 204 Å². The zero-order valence-electron chi connectivity index (χ0n) is 89.4. The van der Waals surface area contributed by atoms with Gasteiger partial charge in [0.1, 0.15) is 6.17 Å². The summed E-state index contributed by atoms with van der Waals surface area (Å²) in [5, 5.41) is 10.8. The Labute approximate surface area is 810 Å². The number of hydrogen-bond acceptors (Lipinski definition) is 2. The van der Waals surface area contributed by atoms with Crippen LogP contribution >= 0.6 is 50.1 Å². The molecule has 6 heteroatoms. The first-order valence-corrected chi connectivity index (χ1v) is 56.6. The highest BCUT2D eigenvalue weighted by atomic mass is 127. The zero-order chi connectivity index (χ0) is 94.5. The lowest BCUT2D eigenvalue weighted by Gasteiger charge is -2.54. The van der Waals surface area contributed by atoms with Crippen molar-refractivity contribution in [1.82, 2.24) is 0 Å². The number of hydrogen-bond donors (Lipinski definition) is 2. The van der Waals surface area contributed by atoms with Gasteiger partial charge in [-0.15, -0.1) is 11.6 Å². The average Bonchev–Trinajstić information content (AvgIpc) is 0.777. The molecule has 14 rings (SSSR count). The summed E-state index contributed by atoms with van der Waals surface area (Å²) < 4.78 is 14.5. The minimum atomic E-state index is -0.590. The van der Waals surface area contributed by atoms with Gasteiger partial charge in [0.05, 0.1) is 5.60 Å². The Bertz CT molecular complexity index is 3290. The summed E-state index contributed by atoms with van der Waals surface area (Å²) in [4.78, 5) is 0.722. The van der Waals surface area contributed by atoms with Crippen LogP contribution in [0.5, 0.6) is 0 Å². The number of nitrogens with two attached hydrogens (primary N) is 1. The first kappa shape index (κ1) is 111. The fourth-order valence-corrected chi connectivity index (χ4v) is 34.5. The minimum absolute atomic E-state index is 0.268. The van der Waals surface area contributed by atoms with E-state index < -0.39 is 11.8 Å². The van der Waals surface area contributed by atoms with Gasteiger partial charge >= 0.3 is 0 Å². The molecule has 0 spiro atoms. The molecule has 0 aromatic carbocycles. The van der Waals surface area contributed by atoms with E-state index in [9.17, 15) is 9.50 Å². The van der Waals surface area contributed by atoms with Crippen molar-refractivity contribution >= 4 is 50.1 Å². The van der Waals surface area contributed by atoms with Crippen molar-refractivity contribution in [3.05, 3.63) is 93.7 Å². The van der Waals surface area contributed by atoms with Crippen LogP contribution in [0.4, 0.5) is 4.39 Å². The lowest BCUT2D eigenvalue weighted by atomic mass is 9.51. The third-order valence-corrected chi connectivity index (χ3v) is 41.2. The predicted molar refractivity (Wildman–Crippen MR) is 567 cm³/mol. The van der Waals surface area contributed by atoms with Crippen LogP contribution in [0.15, 0.2) is 93.7 Å². The van der Waals surface area contributed by atoms with E-state index in [0.717, 1.165) is 220 Å². The van der Waals surface area contributed by atoms with Crippen molar-refractivity contribution in [2.45, 2.75) is 455 Å². The molecule has 0 heterocycles. The van der Waals surface area contributed by atoms with Gasteiger partial charge in [-0.05, 0) is 383 Å². The summed E-state index contributed by atoms with van der Waals surface area (Å²) >= 11 is 12.9. The molecule has 6 saturated carbocycles.